The molecule has 0 fully saturated rings. The summed E-state index contributed by atoms with van der Waals surface area (Å²) in [6.45, 7) is 9.38. The summed E-state index contributed by atoms with van der Waals surface area (Å²) in [5.74, 6) is 1.04. The van der Waals surface area contributed by atoms with E-state index in [2.05, 4.69) is 5.32 Å². The predicted octanol–water partition coefficient (Wildman–Crippen LogP) is 1.74. The summed E-state index contributed by atoms with van der Waals surface area (Å²) in [5, 5.41) is 3.20. The number of rotatable bonds is 9. The lowest BCUT2D eigenvalue weighted by Gasteiger charge is -2.16. The van der Waals surface area contributed by atoms with Crippen molar-refractivity contribution in [2.45, 2.75) is 45.2 Å². The SMILES string of the molecule is CCOCCN(C)S(=O)(=O)c1cc(CNC(C)C)oc1C. The van der Waals surface area contributed by atoms with Gasteiger partial charge in [-0.1, -0.05) is 13.8 Å². The molecule has 1 heterocycles. The van der Waals surface area contributed by atoms with Gasteiger partial charge in [0.05, 0.1) is 13.2 Å². The highest BCUT2D eigenvalue weighted by molar-refractivity contribution is 7.89. The molecule has 1 rings (SSSR count). The van der Waals surface area contributed by atoms with Crippen molar-refractivity contribution in [1.82, 2.24) is 9.62 Å². The summed E-state index contributed by atoms with van der Waals surface area (Å²) >= 11 is 0. The number of furan rings is 1. The van der Waals surface area contributed by atoms with Crippen LogP contribution in [-0.4, -0.2) is 45.6 Å². The lowest BCUT2D eigenvalue weighted by atomic mass is 10.3. The number of hydrogen-bond acceptors (Lipinski definition) is 5. The number of nitrogens with zero attached hydrogens (tertiary/aromatic N) is 1. The van der Waals surface area contributed by atoms with E-state index in [1.807, 2.05) is 20.8 Å². The van der Waals surface area contributed by atoms with E-state index in [0.717, 1.165) is 0 Å². The van der Waals surface area contributed by atoms with Crippen LogP contribution in [0.15, 0.2) is 15.4 Å². The summed E-state index contributed by atoms with van der Waals surface area (Å²) in [7, 11) is -1.99. The van der Waals surface area contributed by atoms with Crippen molar-refractivity contribution >= 4 is 10.0 Å². The van der Waals surface area contributed by atoms with Crippen LogP contribution in [0.4, 0.5) is 0 Å². The van der Waals surface area contributed by atoms with E-state index in [-0.39, 0.29) is 4.90 Å². The standard InChI is InChI=1S/C14H26N2O4S/c1-6-19-8-7-16(5)21(17,18)14-9-13(20-12(14)4)10-15-11(2)3/h9,11,15H,6-8,10H2,1-5H3. The van der Waals surface area contributed by atoms with Gasteiger partial charge in [-0.25, -0.2) is 8.42 Å². The third kappa shape index (κ3) is 5.10. The fourth-order valence-corrected chi connectivity index (χ4v) is 3.13. The third-order valence-electron chi connectivity index (χ3n) is 3.05. The van der Waals surface area contributed by atoms with E-state index in [1.165, 1.54) is 4.31 Å². The van der Waals surface area contributed by atoms with Crippen molar-refractivity contribution in [3.8, 4) is 0 Å². The van der Waals surface area contributed by atoms with Crippen LogP contribution in [-0.2, 0) is 21.3 Å². The van der Waals surface area contributed by atoms with Crippen LogP contribution in [0.3, 0.4) is 0 Å². The Morgan fingerprint density at radius 1 is 1.43 bits per heavy atom. The molecule has 0 aliphatic rings. The molecule has 0 bridgehead atoms. The van der Waals surface area contributed by atoms with Crippen molar-refractivity contribution in [3.63, 3.8) is 0 Å². The zero-order valence-electron chi connectivity index (χ0n) is 13.5. The Labute approximate surface area is 127 Å². The summed E-state index contributed by atoms with van der Waals surface area (Å²) in [5.41, 5.74) is 0. The monoisotopic (exact) mass is 318 g/mol. The van der Waals surface area contributed by atoms with E-state index in [0.29, 0.717) is 43.9 Å². The van der Waals surface area contributed by atoms with Gasteiger partial charge in [-0.2, -0.15) is 4.31 Å². The van der Waals surface area contributed by atoms with Gasteiger partial charge < -0.3 is 14.5 Å². The predicted molar refractivity (Wildman–Crippen MR) is 81.7 cm³/mol. The lowest BCUT2D eigenvalue weighted by Crippen LogP contribution is -2.30. The second-order valence-corrected chi connectivity index (χ2v) is 7.21. The van der Waals surface area contributed by atoms with Gasteiger partial charge >= 0.3 is 0 Å². The molecule has 122 valence electrons. The highest BCUT2D eigenvalue weighted by atomic mass is 32.2. The summed E-state index contributed by atoms with van der Waals surface area (Å²) in [6.07, 6.45) is 0. The lowest BCUT2D eigenvalue weighted by molar-refractivity contribution is 0.138. The van der Waals surface area contributed by atoms with Gasteiger partial charge in [0.15, 0.2) is 0 Å². The molecule has 0 saturated carbocycles. The first kappa shape index (κ1) is 18.2. The van der Waals surface area contributed by atoms with Gasteiger partial charge in [-0.15, -0.1) is 0 Å². The molecule has 6 nitrogen and oxygen atoms in total. The number of ether oxygens (including phenoxy) is 1. The van der Waals surface area contributed by atoms with Gasteiger partial charge in [0.1, 0.15) is 16.4 Å². The van der Waals surface area contributed by atoms with Crippen LogP contribution in [0.2, 0.25) is 0 Å². The molecule has 1 aromatic rings. The number of nitrogens with one attached hydrogen (secondary N) is 1. The van der Waals surface area contributed by atoms with Crippen LogP contribution in [0.25, 0.3) is 0 Å². The van der Waals surface area contributed by atoms with Crippen molar-refractivity contribution in [3.05, 3.63) is 17.6 Å². The minimum atomic E-state index is -3.54. The molecule has 7 heteroatoms. The smallest absolute Gasteiger partial charge is 0.246 e. The van der Waals surface area contributed by atoms with Crippen LogP contribution >= 0.6 is 0 Å². The first-order valence-electron chi connectivity index (χ1n) is 7.15. The molecule has 0 aromatic carbocycles. The Morgan fingerprint density at radius 2 is 2.10 bits per heavy atom. The molecule has 0 saturated heterocycles. The maximum absolute atomic E-state index is 12.5. The van der Waals surface area contributed by atoms with E-state index in [1.54, 1.807) is 20.0 Å². The van der Waals surface area contributed by atoms with Crippen molar-refractivity contribution in [1.29, 1.82) is 0 Å². The Morgan fingerprint density at radius 3 is 2.67 bits per heavy atom. The summed E-state index contributed by atoms with van der Waals surface area (Å²) in [4.78, 5) is 0.224. The molecule has 0 aliphatic carbocycles. The number of sulfonamides is 1. The normalized spacial score (nSPS) is 12.5. The fraction of sp³-hybridized carbons (Fsp3) is 0.714. The summed E-state index contributed by atoms with van der Waals surface area (Å²) in [6, 6.07) is 1.90. The molecule has 1 N–H and O–H groups in total. The van der Waals surface area contributed by atoms with Crippen LogP contribution < -0.4 is 5.32 Å². The molecule has 0 unspecified atom stereocenters. The highest BCUT2D eigenvalue weighted by Crippen LogP contribution is 2.23. The third-order valence-corrected chi connectivity index (χ3v) is 5.01. The Hall–Kier alpha value is -0.890. The molecule has 0 spiro atoms. The number of hydrogen-bond donors (Lipinski definition) is 1. The van der Waals surface area contributed by atoms with Gasteiger partial charge in [-0.05, 0) is 13.8 Å². The maximum atomic E-state index is 12.5. The second-order valence-electron chi connectivity index (χ2n) is 5.19. The summed E-state index contributed by atoms with van der Waals surface area (Å²) < 4.78 is 37.0. The Bertz CT molecular complexity index is 537. The molecule has 0 amide bonds. The number of aryl methyl sites for hydroxylation is 1. The van der Waals surface area contributed by atoms with Gasteiger partial charge in [0, 0.05) is 32.3 Å². The van der Waals surface area contributed by atoms with Gasteiger partial charge in [0.25, 0.3) is 0 Å². The van der Waals surface area contributed by atoms with E-state index in [9.17, 15) is 8.42 Å². The van der Waals surface area contributed by atoms with Crippen molar-refractivity contribution in [2.24, 2.45) is 0 Å². The molecule has 0 radical (unpaired) electrons. The number of likely N-dealkylation sites (N-methyl/N-ethyl adjacent to an activating group) is 1. The second kappa shape index (κ2) is 7.93. The molecule has 0 atom stereocenters. The average Bonchev–Trinajstić information content (AvgIpc) is 2.78. The van der Waals surface area contributed by atoms with Crippen LogP contribution in [0.1, 0.15) is 32.3 Å². The van der Waals surface area contributed by atoms with Crippen molar-refractivity contribution in [2.75, 3.05) is 26.8 Å². The molecule has 0 aliphatic heterocycles. The molecular weight excluding hydrogens is 292 g/mol. The fourth-order valence-electron chi connectivity index (χ4n) is 1.80. The minimum Gasteiger partial charge on any atom is -0.464 e. The largest absolute Gasteiger partial charge is 0.464 e. The maximum Gasteiger partial charge on any atom is 0.246 e. The minimum absolute atomic E-state index is 0.224. The Balaban J connectivity index is 2.82. The average molecular weight is 318 g/mol. The van der Waals surface area contributed by atoms with Crippen molar-refractivity contribution < 1.29 is 17.6 Å². The van der Waals surface area contributed by atoms with E-state index < -0.39 is 10.0 Å². The van der Waals surface area contributed by atoms with E-state index >= 15 is 0 Å². The quantitative estimate of drug-likeness (QED) is 0.702. The highest BCUT2D eigenvalue weighted by Gasteiger charge is 2.25. The first-order chi connectivity index (χ1) is 9.78. The van der Waals surface area contributed by atoms with Crippen LogP contribution in [0.5, 0.6) is 0 Å². The Kier molecular flexibility index (Phi) is 6.86. The topological polar surface area (TPSA) is 71.8 Å². The zero-order valence-corrected chi connectivity index (χ0v) is 14.3. The first-order valence-corrected chi connectivity index (χ1v) is 8.59. The molecule has 21 heavy (non-hydrogen) atoms. The van der Waals surface area contributed by atoms with Gasteiger partial charge in [-0.3, -0.25) is 0 Å². The molecular formula is C14H26N2O4S. The van der Waals surface area contributed by atoms with E-state index in [4.69, 9.17) is 9.15 Å². The van der Waals surface area contributed by atoms with Crippen LogP contribution in [0, 0.1) is 6.92 Å². The molecule has 1 aromatic heterocycles. The zero-order chi connectivity index (χ0) is 16.0. The van der Waals surface area contributed by atoms with Gasteiger partial charge in [0.2, 0.25) is 10.0 Å².